The van der Waals surface area contributed by atoms with E-state index in [0.29, 0.717) is 49.3 Å². The van der Waals surface area contributed by atoms with E-state index in [1.54, 1.807) is 17.9 Å². The van der Waals surface area contributed by atoms with Gasteiger partial charge in [-0.25, -0.2) is 4.79 Å². The van der Waals surface area contributed by atoms with E-state index < -0.39 is 11.7 Å². The summed E-state index contributed by atoms with van der Waals surface area (Å²) in [6.45, 7) is 3.20. The summed E-state index contributed by atoms with van der Waals surface area (Å²) in [7, 11) is 0. The van der Waals surface area contributed by atoms with Crippen molar-refractivity contribution >= 4 is 17.1 Å². The summed E-state index contributed by atoms with van der Waals surface area (Å²) in [4.78, 5) is 13.3. The van der Waals surface area contributed by atoms with Crippen molar-refractivity contribution in [2.24, 2.45) is 0 Å². The molecule has 1 amide bonds. The van der Waals surface area contributed by atoms with Gasteiger partial charge in [-0.2, -0.15) is 13.2 Å². The molecule has 24 heavy (non-hydrogen) atoms. The maximum Gasteiger partial charge on any atom is 0.416 e. The fraction of sp³-hybridized carbons (Fsp3) is 0.471. The summed E-state index contributed by atoms with van der Waals surface area (Å²) in [6, 6.07) is 5.17. The first kappa shape index (κ1) is 16.7. The van der Waals surface area contributed by atoms with E-state index in [2.05, 4.69) is 0 Å². The fourth-order valence-corrected chi connectivity index (χ4v) is 3.00. The molecule has 1 fully saturated rings. The van der Waals surface area contributed by atoms with Gasteiger partial charge < -0.3 is 14.1 Å². The zero-order valence-corrected chi connectivity index (χ0v) is 13.2. The van der Waals surface area contributed by atoms with Crippen LogP contribution in [0, 0.1) is 0 Å². The lowest BCUT2D eigenvalue weighted by Crippen LogP contribution is -2.38. The maximum atomic E-state index is 12.8. The van der Waals surface area contributed by atoms with Crippen molar-refractivity contribution in [2.45, 2.75) is 31.9 Å². The number of ether oxygens (including phenoxy) is 1. The van der Waals surface area contributed by atoms with Gasteiger partial charge in [-0.3, -0.25) is 0 Å². The number of alkyl halides is 3. The Hall–Kier alpha value is -2.18. The third kappa shape index (κ3) is 3.34. The van der Waals surface area contributed by atoms with Crippen molar-refractivity contribution in [3.63, 3.8) is 0 Å². The first-order chi connectivity index (χ1) is 11.4. The molecule has 0 bridgehead atoms. The molecule has 1 aliphatic rings. The average Bonchev–Trinajstić information content (AvgIpc) is 2.97. The molecule has 0 spiro atoms. The number of hydrogen-bond donors (Lipinski definition) is 0. The van der Waals surface area contributed by atoms with Gasteiger partial charge in [-0.1, -0.05) is 0 Å². The Morgan fingerprint density at radius 2 is 2.00 bits per heavy atom. The predicted molar refractivity (Wildman–Crippen MR) is 81.8 cm³/mol. The van der Waals surface area contributed by atoms with Crippen LogP contribution in [0.5, 0.6) is 0 Å². The summed E-state index contributed by atoms with van der Waals surface area (Å²) in [5, 5.41) is 0.452. The van der Waals surface area contributed by atoms with Crippen LogP contribution in [0.4, 0.5) is 18.0 Å². The number of carbonyl (C=O) groups excluding carboxylic acids is 1. The van der Waals surface area contributed by atoms with E-state index in [1.165, 1.54) is 6.07 Å². The SMILES string of the molecule is CCOC(=O)N1CCC(c2cc3cc(C(F)(F)F)ccc3o2)CC1. The van der Waals surface area contributed by atoms with Crippen LogP contribution >= 0.6 is 0 Å². The maximum absolute atomic E-state index is 12.8. The molecule has 0 aliphatic carbocycles. The molecular weight excluding hydrogens is 323 g/mol. The number of amides is 1. The molecule has 4 nitrogen and oxygen atoms in total. The quantitative estimate of drug-likeness (QED) is 0.789. The van der Waals surface area contributed by atoms with E-state index in [1.807, 2.05) is 0 Å². The number of fused-ring (bicyclic) bond motifs is 1. The second kappa shape index (κ2) is 6.37. The lowest BCUT2D eigenvalue weighted by molar-refractivity contribution is -0.137. The average molecular weight is 341 g/mol. The second-order valence-electron chi connectivity index (χ2n) is 5.86. The van der Waals surface area contributed by atoms with Gasteiger partial charge >= 0.3 is 12.3 Å². The van der Waals surface area contributed by atoms with Gasteiger partial charge in [-0.15, -0.1) is 0 Å². The molecule has 0 unspecified atom stereocenters. The first-order valence-electron chi connectivity index (χ1n) is 7.91. The first-order valence-corrected chi connectivity index (χ1v) is 7.91. The monoisotopic (exact) mass is 341 g/mol. The van der Waals surface area contributed by atoms with Crippen LogP contribution in [0.3, 0.4) is 0 Å². The highest BCUT2D eigenvalue weighted by atomic mass is 19.4. The minimum atomic E-state index is -4.36. The molecule has 0 radical (unpaired) electrons. The third-order valence-corrected chi connectivity index (χ3v) is 4.29. The molecule has 7 heteroatoms. The van der Waals surface area contributed by atoms with Gasteiger partial charge in [0.25, 0.3) is 0 Å². The number of halogens is 3. The number of furan rings is 1. The highest BCUT2D eigenvalue weighted by molar-refractivity contribution is 5.79. The Kier molecular flexibility index (Phi) is 4.43. The molecule has 2 aromatic rings. The van der Waals surface area contributed by atoms with Crippen molar-refractivity contribution in [1.82, 2.24) is 4.90 Å². The van der Waals surface area contributed by atoms with E-state index in [0.717, 1.165) is 12.1 Å². The van der Waals surface area contributed by atoms with Gasteiger partial charge in [0.05, 0.1) is 12.2 Å². The molecule has 1 aromatic carbocycles. The Balaban J connectivity index is 1.73. The lowest BCUT2D eigenvalue weighted by Gasteiger charge is -2.30. The zero-order chi connectivity index (χ0) is 17.3. The standard InChI is InChI=1S/C17H18F3NO3/c1-2-23-16(22)21-7-5-11(6-8-21)15-10-12-9-13(17(18,19)20)3-4-14(12)24-15/h3-4,9-11H,2,5-8H2,1H3. The minimum Gasteiger partial charge on any atom is -0.461 e. The molecule has 0 N–H and O–H groups in total. The molecule has 0 atom stereocenters. The summed E-state index contributed by atoms with van der Waals surface area (Å²) in [6.07, 6.45) is -3.29. The van der Waals surface area contributed by atoms with Gasteiger partial charge in [0.1, 0.15) is 11.3 Å². The van der Waals surface area contributed by atoms with Crippen LogP contribution in [0.1, 0.15) is 37.0 Å². The zero-order valence-electron chi connectivity index (χ0n) is 13.2. The molecule has 1 saturated heterocycles. The topological polar surface area (TPSA) is 42.7 Å². The van der Waals surface area contributed by atoms with Crippen LogP contribution in [0.2, 0.25) is 0 Å². The molecule has 0 saturated carbocycles. The van der Waals surface area contributed by atoms with Crippen molar-refractivity contribution in [1.29, 1.82) is 0 Å². The number of benzene rings is 1. The van der Waals surface area contributed by atoms with E-state index >= 15 is 0 Å². The number of likely N-dealkylation sites (tertiary alicyclic amines) is 1. The van der Waals surface area contributed by atoms with Gasteiger partial charge in [0, 0.05) is 24.4 Å². The third-order valence-electron chi connectivity index (χ3n) is 4.29. The van der Waals surface area contributed by atoms with Crippen molar-refractivity contribution in [3.8, 4) is 0 Å². The Labute approximate surface area is 137 Å². The van der Waals surface area contributed by atoms with Gasteiger partial charge in [-0.05, 0) is 44.0 Å². The number of piperidine rings is 1. The van der Waals surface area contributed by atoms with Gasteiger partial charge in [0.2, 0.25) is 0 Å². The van der Waals surface area contributed by atoms with Crippen molar-refractivity contribution in [3.05, 3.63) is 35.6 Å². The Morgan fingerprint density at radius 1 is 1.29 bits per heavy atom. The summed E-state index contributed by atoms with van der Waals surface area (Å²) < 4.78 is 49.0. The van der Waals surface area contributed by atoms with E-state index in [9.17, 15) is 18.0 Å². The van der Waals surface area contributed by atoms with Crippen LogP contribution < -0.4 is 0 Å². The summed E-state index contributed by atoms with van der Waals surface area (Å²) >= 11 is 0. The highest BCUT2D eigenvalue weighted by Crippen LogP contribution is 2.36. The fourth-order valence-electron chi connectivity index (χ4n) is 3.00. The van der Waals surface area contributed by atoms with Crippen LogP contribution in [0.25, 0.3) is 11.0 Å². The largest absolute Gasteiger partial charge is 0.461 e. The molecule has 3 rings (SSSR count). The summed E-state index contributed by atoms with van der Waals surface area (Å²) in [5.41, 5.74) is -0.231. The van der Waals surface area contributed by atoms with Crippen LogP contribution in [-0.4, -0.2) is 30.7 Å². The van der Waals surface area contributed by atoms with E-state index in [-0.39, 0.29) is 12.0 Å². The molecule has 130 valence electrons. The number of nitrogens with zero attached hydrogens (tertiary/aromatic N) is 1. The Morgan fingerprint density at radius 3 is 2.62 bits per heavy atom. The lowest BCUT2D eigenvalue weighted by atomic mass is 9.94. The molecule has 2 heterocycles. The number of carbonyl (C=O) groups is 1. The van der Waals surface area contributed by atoms with Crippen LogP contribution in [0.15, 0.2) is 28.7 Å². The van der Waals surface area contributed by atoms with Crippen molar-refractivity contribution in [2.75, 3.05) is 19.7 Å². The van der Waals surface area contributed by atoms with Crippen LogP contribution in [-0.2, 0) is 10.9 Å². The smallest absolute Gasteiger partial charge is 0.416 e. The highest BCUT2D eigenvalue weighted by Gasteiger charge is 2.31. The molecule has 1 aliphatic heterocycles. The number of hydrogen-bond acceptors (Lipinski definition) is 3. The second-order valence-corrected chi connectivity index (χ2v) is 5.86. The molecule has 1 aromatic heterocycles. The normalized spacial score (nSPS) is 16.6. The van der Waals surface area contributed by atoms with Crippen molar-refractivity contribution < 1.29 is 27.1 Å². The Bertz CT molecular complexity index is 730. The predicted octanol–water partition coefficient (Wildman–Crippen LogP) is 4.79. The number of rotatable bonds is 2. The van der Waals surface area contributed by atoms with E-state index in [4.69, 9.17) is 9.15 Å². The molecular formula is C17H18F3NO3. The summed E-state index contributed by atoms with van der Waals surface area (Å²) in [5.74, 6) is 0.769. The van der Waals surface area contributed by atoms with Gasteiger partial charge in [0.15, 0.2) is 0 Å². The minimum absolute atomic E-state index is 0.0948.